The molecule has 1 fully saturated rings. The number of hydrogen-bond donors (Lipinski definition) is 1. The topological polar surface area (TPSA) is 37.4 Å². The SMILES string of the molecule is CCCNc1cccc(CN2CCCC(COC)C2)n1. The number of hydrogen-bond acceptors (Lipinski definition) is 4. The number of methoxy groups -OCH3 is 1. The summed E-state index contributed by atoms with van der Waals surface area (Å²) < 4.78 is 5.29. The van der Waals surface area contributed by atoms with Crippen LogP contribution in [-0.2, 0) is 11.3 Å². The molecule has 0 spiro atoms. The molecule has 1 atom stereocenters. The van der Waals surface area contributed by atoms with Gasteiger partial charge in [-0.05, 0) is 43.9 Å². The minimum Gasteiger partial charge on any atom is -0.384 e. The highest BCUT2D eigenvalue weighted by molar-refractivity contribution is 5.35. The summed E-state index contributed by atoms with van der Waals surface area (Å²) in [6.07, 6.45) is 3.67. The average Bonchev–Trinajstić information content (AvgIpc) is 2.46. The lowest BCUT2D eigenvalue weighted by Gasteiger charge is -2.32. The molecule has 2 rings (SSSR count). The number of anilines is 1. The predicted octanol–water partition coefficient (Wildman–Crippen LogP) is 2.76. The van der Waals surface area contributed by atoms with Gasteiger partial charge in [0, 0.05) is 26.7 Å². The number of nitrogens with one attached hydrogen (secondary N) is 1. The number of pyridine rings is 1. The van der Waals surface area contributed by atoms with Gasteiger partial charge in [-0.25, -0.2) is 4.98 Å². The summed E-state index contributed by atoms with van der Waals surface area (Å²) in [5.41, 5.74) is 1.16. The van der Waals surface area contributed by atoms with E-state index in [1.807, 2.05) is 6.07 Å². The van der Waals surface area contributed by atoms with Crippen molar-refractivity contribution in [3.63, 3.8) is 0 Å². The summed E-state index contributed by atoms with van der Waals surface area (Å²) in [5, 5.41) is 3.35. The average molecular weight is 277 g/mol. The fraction of sp³-hybridized carbons (Fsp3) is 0.688. The van der Waals surface area contributed by atoms with Crippen LogP contribution in [0.15, 0.2) is 18.2 Å². The summed E-state index contributed by atoms with van der Waals surface area (Å²) in [7, 11) is 1.80. The van der Waals surface area contributed by atoms with Crippen molar-refractivity contribution < 1.29 is 4.74 Å². The van der Waals surface area contributed by atoms with Crippen molar-refractivity contribution in [2.45, 2.75) is 32.7 Å². The van der Waals surface area contributed by atoms with Gasteiger partial charge in [0.05, 0.1) is 12.3 Å². The van der Waals surface area contributed by atoms with E-state index in [4.69, 9.17) is 9.72 Å². The smallest absolute Gasteiger partial charge is 0.126 e. The normalized spacial score (nSPS) is 20.0. The number of ether oxygens (including phenoxy) is 1. The summed E-state index contributed by atoms with van der Waals surface area (Å²) in [6, 6.07) is 6.26. The molecule has 112 valence electrons. The minimum absolute atomic E-state index is 0.676. The van der Waals surface area contributed by atoms with E-state index in [-0.39, 0.29) is 0 Å². The maximum absolute atomic E-state index is 5.29. The van der Waals surface area contributed by atoms with Gasteiger partial charge < -0.3 is 10.1 Å². The van der Waals surface area contributed by atoms with E-state index in [9.17, 15) is 0 Å². The van der Waals surface area contributed by atoms with Crippen LogP contribution in [0, 0.1) is 5.92 Å². The van der Waals surface area contributed by atoms with Crippen molar-refractivity contribution in [1.29, 1.82) is 0 Å². The van der Waals surface area contributed by atoms with Crippen LogP contribution in [0.3, 0.4) is 0 Å². The molecule has 0 aliphatic carbocycles. The van der Waals surface area contributed by atoms with Crippen LogP contribution < -0.4 is 5.32 Å². The van der Waals surface area contributed by atoms with Crippen LogP contribution in [0.5, 0.6) is 0 Å². The van der Waals surface area contributed by atoms with Crippen LogP contribution in [0.4, 0.5) is 5.82 Å². The molecule has 20 heavy (non-hydrogen) atoms. The number of likely N-dealkylation sites (tertiary alicyclic amines) is 1. The highest BCUT2D eigenvalue weighted by Crippen LogP contribution is 2.18. The molecule has 2 heterocycles. The largest absolute Gasteiger partial charge is 0.384 e. The Balaban J connectivity index is 1.88. The van der Waals surface area contributed by atoms with Crippen LogP contribution in [0.1, 0.15) is 31.9 Å². The van der Waals surface area contributed by atoms with Gasteiger partial charge in [-0.3, -0.25) is 4.90 Å². The zero-order valence-electron chi connectivity index (χ0n) is 12.8. The molecule has 0 radical (unpaired) electrons. The van der Waals surface area contributed by atoms with Gasteiger partial charge in [0.2, 0.25) is 0 Å². The molecule has 0 aromatic carbocycles. The zero-order chi connectivity index (χ0) is 14.2. The third-order valence-electron chi connectivity index (χ3n) is 3.75. The lowest BCUT2D eigenvalue weighted by atomic mass is 9.99. The van der Waals surface area contributed by atoms with E-state index in [1.165, 1.54) is 19.4 Å². The molecule has 4 heteroatoms. The first kappa shape index (κ1) is 15.3. The number of piperidine rings is 1. The fourth-order valence-electron chi connectivity index (χ4n) is 2.81. The molecular weight excluding hydrogens is 250 g/mol. The van der Waals surface area contributed by atoms with Crippen molar-refractivity contribution in [3.05, 3.63) is 23.9 Å². The summed E-state index contributed by atoms with van der Waals surface area (Å²) in [6.45, 7) is 7.27. The third-order valence-corrected chi connectivity index (χ3v) is 3.75. The maximum Gasteiger partial charge on any atom is 0.126 e. The predicted molar refractivity (Wildman–Crippen MR) is 82.9 cm³/mol. The van der Waals surface area contributed by atoms with Crippen LogP contribution >= 0.6 is 0 Å². The molecule has 0 bridgehead atoms. The Morgan fingerprint density at radius 1 is 1.45 bits per heavy atom. The van der Waals surface area contributed by atoms with E-state index in [0.29, 0.717) is 5.92 Å². The molecule has 1 N–H and O–H groups in total. The zero-order valence-corrected chi connectivity index (χ0v) is 12.8. The first-order valence-electron chi connectivity index (χ1n) is 7.73. The molecule has 1 aliphatic rings. The van der Waals surface area contributed by atoms with E-state index < -0.39 is 0 Å². The lowest BCUT2D eigenvalue weighted by molar-refractivity contribution is 0.0868. The molecule has 0 amide bonds. The van der Waals surface area contributed by atoms with Gasteiger partial charge in [-0.15, -0.1) is 0 Å². The summed E-state index contributed by atoms with van der Waals surface area (Å²) >= 11 is 0. The Morgan fingerprint density at radius 3 is 3.15 bits per heavy atom. The maximum atomic E-state index is 5.29. The van der Waals surface area contributed by atoms with Gasteiger partial charge in [0.1, 0.15) is 5.82 Å². The Bertz CT molecular complexity index is 395. The second kappa shape index (κ2) is 8.22. The van der Waals surface area contributed by atoms with Gasteiger partial charge in [-0.2, -0.15) is 0 Å². The second-order valence-electron chi connectivity index (χ2n) is 5.64. The van der Waals surface area contributed by atoms with E-state index >= 15 is 0 Å². The third kappa shape index (κ3) is 4.76. The van der Waals surface area contributed by atoms with Crippen molar-refractivity contribution in [2.75, 3.05) is 38.7 Å². The minimum atomic E-state index is 0.676. The second-order valence-corrected chi connectivity index (χ2v) is 5.64. The van der Waals surface area contributed by atoms with Crippen LogP contribution in [0.2, 0.25) is 0 Å². The van der Waals surface area contributed by atoms with Gasteiger partial charge >= 0.3 is 0 Å². The standard InChI is InChI=1S/C16H27N3O/c1-3-9-17-16-8-4-7-15(18-16)12-19-10-5-6-14(11-19)13-20-2/h4,7-8,14H,3,5-6,9-13H2,1-2H3,(H,17,18). The Morgan fingerprint density at radius 2 is 2.35 bits per heavy atom. The number of rotatable bonds is 7. The molecular formula is C16H27N3O. The fourth-order valence-corrected chi connectivity index (χ4v) is 2.81. The van der Waals surface area contributed by atoms with Crippen molar-refractivity contribution in [3.8, 4) is 0 Å². The Labute approximate surface area is 122 Å². The van der Waals surface area contributed by atoms with Gasteiger partial charge in [-0.1, -0.05) is 13.0 Å². The van der Waals surface area contributed by atoms with Crippen LogP contribution in [0.25, 0.3) is 0 Å². The lowest BCUT2D eigenvalue weighted by Crippen LogP contribution is -2.36. The summed E-state index contributed by atoms with van der Waals surface area (Å²) in [5.74, 6) is 1.67. The van der Waals surface area contributed by atoms with Crippen LogP contribution in [-0.4, -0.2) is 43.2 Å². The first-order valence-corrected chi connectivity index (χ1v) is 7.73. The molecule has 1 unspecified atom stereocenters. The van der Waals surface area contributed by atoms with E-state index in [0.717, 1.165) is 44.2 Å². The van der Waals surface area contributed by atoms with Crippen molar-refractivity contribution in [1.82, 2.24) is 9.88 Å². The Hall–Kier alpha value is -1.13. The molecule has 1 saturated heterocycles. The summed E-state index contributed by atoms with van der Waals surface area (Å²) in [4.78, 5) is 7.19. The molecule has 4 nitrogen and oxygen atoms in total. The number of aromatic nitrogens is 1. The molecule has 1 aliphatic heterocycles. The quantitative estimate of drug-likeness (QED) is 0.831. The molecule has 1 aromatic rings. The first-order chi connectivity index (χ1) is 9.81. The monoisotopic (exact) mass is 277 g/mol. The van der Waals surface area contributed by atoms with Gasteiger partial charge in [0.15, 0.2) is 0 Å². The van der Waals surface area contributed by atoms with Crippen molar-refractivity contribution >= 4 is 5.82 Å². The van der Waals surface area contributed by atoms with Crippen molar-refractivity contribution in [2.24, 2.45) is 5.92 Å². The van der Waals surface area contributed by atoms with E-state index in [1.54, 1.807) is 7.11 Å². The molecule has 0 saturated carbocycles. The highest BCUT2D eigenvalue weighted by Gasteiger charge is 2.20. The Kier molecular flexibility index (Phi) is 6.27. The van der Waals surface area contributed by atoms with E-state index in [2.05, 4.69) is 29.3 Å². The highest BCUT2D eigenvalue weighted by atomic mass is 16.5. The number of nitrogens with zero attached hydrogens (tertiary/aromatic N) is 2. The molecule has 1 aromatic heterocycles. The van der Waals surface area contributed by atoms with Gasteiger partial charge in [0.25, 0.3) is 0 Å².